The highest BCUT2D eigenvalue weighted by Gasteiger charge is 2.42. The SMILES string of the molecule is C=C1CN2CCCCCC2(CO)C1. The van der Waals surface area contributed by atoms with Crippen LogP contribution < -0.4 is 0 Å². The average molecular weight is 181 g/mol. The second kappa shape index (κ2) is 3.43. The van der Waals surface area contributed by atoms with E-state index in [0.717, 1.165) is 25.9 Å². The summed E-state index contributed by atoms with van der Waals surface area (Å²) in [6.07, 6.45) is 6.05. The molecule has 0 radical (unpaired) electrons. The van der Waals surface area contributed by atoms with E-state index in [-0.39, 0.29) is 5.54 Å². The van der Waals surface area contributed by atoms with Gasteiger partial charge in [0, 0.05) is 12.1 Å². The Kier molecular flexibility index (Phi) is 2.43. The van der Waals surface area contributed by atoms with E-state index < -0.39 is 0 Å². The third-order valence-corrected chi connectivity index (χ3v) is 3.53. The lowest BCUT2D eigenvalue weighted by Gasteiger charge is -2.34. The molecule has 2 aliphatic rings. The molecular weight excluding hydrogens is 162 g/mol. The quantitative estimate of drug-likeness (QED) is 0.620. The van der Waals surface area contributed by atoms with Crippen LogP contribution >= 0.6 is 0 Å². The molecule has 2 aliphatic heterocycles. The molecule has 0 bridgehead atoms. The minimum atomic E-state index is 0.0770. The standard InChI is InChI=1S/C11H19NO/c1-10-7-11(9-13)5-3-2-4-6-12(11)8-10/h13H,1-9H2. The molecule has 0 aromatic carbocycles. The first-order valence-electron chi connectivity index (χ1n) is 5.29. The topological polar surface area (TPSA) is 23.5 Å². The third-order valence-electron chi connectivity index (χ3n) is 3.53. The number of aliphatic hydroxyl groups is 1. The largest absolute Gasteiger partial charge is 0.394 e. The fraction of sp³-hybridized carbons (Fsp3) is 0.818. The van der Waals surface area contributed by atoms with Crippen LogP contribution in [0.3, 0.4) is 0 Å². The maximum atomic E-state index is 9.51. The Morgan fingerprint density at radius 1 is 1.38 bits per heavy atom. The van der Waals surface area contributed by atoms with E-state index in [1.807, 2.05) is 0 Å². The van der Waals surface area contributed by atoms with Crippen molar-refractivity contribution in [2.45, 2.75) is 37.6 Å². The molecule has 2 rings (SSSR count). The van der Waals surface area contributed by atoms with Gasteiger partial charge in [0.25, 0.3) is 0 Å². The van der Waals surface area contributed by atoms with E-state index in [1.54, 1.807) is 0 Å². The first-order chi connectivity index (χ1) is 6.27. The molecule has 74 valence electrons. The number of nitrogens with zero attached hydrogens (tertiary/aromatic N) is 1. The summed E-state index contributed by atoms with van der Waals surface area (Å²) in [7, 11) is 0. The van der Waals surface area contributed by atoms with Gasteiger partial charge in [0.15, 0.2) is 0 Å². The molecule has 2 nitrogen and oxygen atoms in total. The zero-order valence-electron chi connectivity index (χ0n) is 8.26. The molecule has 0 aliphatic carbocycles. The van der Waals surface area contributed by atoms with Crippen LogP contribution in [0.1, 0.15) is 32.1 Å². The first-order valence-corrected chi connectivity index (χ1v) is 5.29. The maximum absolute atomic E-state index is 9.51. The van der Waals surface area contributed by atoms with Crippen molar-refractivity contribution >= 4 is 0 Å². The van der Waals surface area contributed by atoms with Crippen LogP contribution in [0.15, 0.2) is 12.2 Å². The third kappa shape index (κ3) is 1.53. The van der Waals surface area contributed by atoms with E-state index in [0.29, 0.717) is 6.61 Å². The van der Waals surface area contributed by atoms with Crippen molar-refractivity contribution in [2.75, 3.05) is 19.7 Å². The van der Waals surface area contributed by atoms with Crippen molar-refractivity contribution in [3.8, 4) is 0 Å². The molecule has 0 aromatic heterocycles. The Labute approximate surface area is 80.2 Å². The zero-order chi connectivity index (χ0) is 9.31. The van der Waals surface area contributed by atoms with Crippen molar-refractivity contribution in [3.63, 3.8) is 0 Å². The van der Waals surface area contributed by atoms with Gasteiger partial charge >= 0.3 is 0 Å². The number of hydrogen-bond acceptors (Lipinski definition) is 2. The van der Waals surface area contributed by atoms with E-state index in [9.17, 15) is 5.11 Å². The summed E-state index contributed by atoms with van der Waals surface area (Å²) in [6.45, 7) is 6.53. The van der Waals surface area contributed by atoms with Gasteiger partial charge in [0.2, 0.25) is 0 Å². The summed E-state index contributed by atoms with van der Waals surface area (Å²) < 4.78 is 0. The summed E-state index contributed by atoms with van der Waals surface area (Å²) in [5.74, 6) is 0. The summed E-state index contributed by atoms with van der Waals surface area (Å²) in [6, 6.07) is 0. The molecule has 0 amide bonds. The Hall–Kier alpha value is -0.340. The lowest BCUT2D eigenvalue weighted by atomic mass is 9.91. The molecule has 2 heteroatoms. The lowest BCUT2D eigenvalue weighted by molar-refractivity contribution is 0.0646. The first kappa shape index (κ1) is 9.22. The van der Waals surface area contributed by atoms with Gasteiger partial charge in [-0.25, -0.2) is 0 Å². The van der Waals surface area contributed by atoms with E-state index in [4.69, 9.17) is 0 Å². The zero-order valence-corrected chi connectivity index (χ0v) is 8.26. The minimum absolute atomic E-state index is 0.0770. The summed E-state index contributed by atoms with van der Waals surface area (Å²) in [5.41, 5.74) is 1.38. The predicted molar refractivity (Wildman–Crippen MR) is 53.6 cm³/mol. The van der Waals surface area contributed by atoms with Crippen LogP contribution in [0, 0.1) is 0 Å². The average Bonchev–Trinajstić information content (AvgIpc) is 2.30. The Morgan fingerprint density at radius 3 is 3.00 bits per heavy atom. The Bertz CT molecular complexity index is 214. The number of fused-ring (bicyclic) bond motifs is 1. The van der Waals surface area contributed by atoms with Crippen LogP contribution in [-0.2, 0) is 0 Å². The van der Waals surface area contributed by atoms with Gasteiger partial charge in [-0.15, -0.1) is 0 Å². The van der Waals surface area contributed by atoms with E-state index in [2.05, 4.69) is 11.5 Å². The van der Waals surface area contributed by atoms with Crippen LogP contribution in [0.2, 0.25) is 0 Å². The highest BCUT2D eigenvalue weighted by Crippen LogP contribution is 2.38. The summed E-state index contributed by atoms with van der Waals surface area (Å²) >= 11 is 0. The van der Waals surface area contributed by atoms with Gasteiger partial charge in [-0.3, -0.25) is 4.90 Å². The molecule has 2 fully saturated rings. The molecule has 0 spiro atoms. The van der Waals surface area contributed by atoms with Gasteiger partial charge in [0.1, 0.15) is 0 Å². The van der Waals surface area contributed by atoms with Crippen LogP contribution in [0.25, 0.3) is 0 Å². The van der Waals surface area contributed by atoms with Crippen molar-refractivity contribution < 1.29 is 5.11 Å². The predicted octanol–water partition coefficient (Wildman–Crippen LogP) is 1.55. The Balaban J connectivity index is 2.18. The van der Waals surface area contributed by atoms with Crippen molar-refractivity contribution in [1.82, 2.24) is 4.90 Å². The van der Waals surface area contributed by atoms with Gasteiger partial charge in [0.05, 0.1) is 6.61 Å². The van der Waals surface area contributed by atoms with Crippen molar-refractivity contribution in [1.29, 1.82) is 0 Å². The molecule has 13 heavy (non-hydrogen) atoms. The van der Waals surface area contributed by atoms with Crippen molar-refractivity contribution in [2.24, 2.45) is 0 Å². The Morgan fingerprint density at radius 2 is 2.23 bits per heavy atom. The highest BCUT2D eigenvalue weighted by atomic mass is 16.3. The molecule has 0 aromatic rings. The number of hydrogen-bond donors (Lipinski definition) is 1. The number of rotatable bonds is 1. The molecule has 1 atom stereocenters. The van der Waals surface area contributed by atoms with E-state index >= 15 is 0 Å². The smallest absolute Gasteiger partial charge is 0.0618 e. The fourth-order valence-electron chi connectivity index (χ4n) is 2.80. The second-order valence-corrected chi connectivity index (χ2v) is 4.54. The van der Waals surface area contributed by atoms with Gasteiger partial charge in [-0.1, -0.05) is 25.0 Å². The normalized spacial score (nSPS) is 35.9. The van der Waals surface area contributed by atoms with E-state index in [1.165, 1.54) is 24.8 Å². The molecule has 0 saturated carbocycles. The fourth-order valence-corrected chi connectivity index (χ4v) is 2.80. The molecular formula is C11H19NO. The molecule has 1 unspecified atom stereocenters. The van der Waals surface area contributed by atoms with Crippen LogP contribution in [0.4, 0.5) is 0 Å². The second-order valence-electron chi connectivity index (χ2n) is 4.54. The minimum Gasteiger partial charge on any atom is -0.394 e. The molecule has 2 heterocycles. The van der Waals surface area contributed by atoms with Crippen LogP contribution in [0.5, 0.6) is 0 Å². The van der Waals surface area contributed by atoms with Gasteiger partial charge in [-0.05, 0) is 25.8 Å². The van der Waals surface area contributed by atoms with Gasteiger partial charge < -0.3 is 5.11 Å². The summed E-state index contributed by atoms with van der Waals surface area (Å²) in [5, 5.41) is 9.51. The lowest BCUT2D eigenvalue weighted by Crippen LogP contribution is -2.46. The van der Waals surface area contributed by atoms with Gasteiger partial charge in [-0.2, -0.15) is 0 Å². The molecule has 1 N–H and O–H groups in total. The maximum Gasteiger partial charge on any atom is 0.0618 e. The highest BCUT2D eigenvalue weighted by molar-refractivity contribution is 5.15. The van der Waals surface area contributed by atoms with Crippen molar-refractivity contribution in [3.05, 3.63) is 12.2 Å². The monoisotopic (exact) mass is 181 g/mol. The van der Waals surface area contributed by atoms with Crippen LogP contribution in [-0.4, -0.2) is 35.2 Å². The molecule has 2 saturated heterocycles. The number of aliphatic hydroxyl groups excluding tert-OH is 1. The summed E-state index contributed by atoms with van der Waals surface area (Å²) in [4.78, 5) is 2.45.